The summed E-state index contributed by atoms with van der Waals surface area (Å²) in [5, 5.41) is 0. The number of rotatable bonds is 0. The predicted octanol–water partition coefficient (Wildman–Crippen LogP) is 1.21. The zero-order valence-corrected chi connectivity index (χ0v) is 6.05. The van der Waals surface area contributed by atoms with E-state index in [4.69, 9.17) is 0 Å². The van der Waals surface area contributed by atoms with E-state index in [1.165, 1.54) is 0 Å². The predicted molar refractivity (Wildman–Crippen MR) is 39.8 cm³/mol. The Morgan fingerprint density at radius 3 is 3.10 bits per heavy atom. The number of nitrogens with one attached hydrogen (secondary N) is 1. The maximum absolute atomic E-state index is 4.30. The van der Waals surface area contributed by atoms with Gasteiger partial charge >= 0.3 is 0 Å². The molecule has 0 saturated heterocycles. The first kappa shape index (κ1) is 5.53. The molecule has 0 aliphatic carbocycles. The van der Waals surface area contributed by atoms with E-state index in [-0.39, 0.29) is 0 Å². The van der Waals surface area contributed by atoms with E-state index in [1.807, 2.05) is 30.8 Å². The smallest absolute Gasteiger partial charge is 0.137 e. The summed E-state index contributed by atoms with van der Waals surface area (Å²) in [5.41, 5.74) is 2.14. The van der Waals surface area contributed by atoms with Gasteiger partial charge in [-0.15, -0.1) is 0 Å². The minimum atomic E-state index is 1.04. The molecule has 10 heavy (non-hydrogen) atoms. The van der Waals surface area contributed by atoms with Gasteiger partial charge in [-0.25, -0.2) is 4.98 Å². The molecule has 0 atom stereocenters. The van der Waals surface area contributed by atoms with Crippen molar-refractivity contribution in [2.75, 3.05) is 0 Å². The maximum atomic E-state index is 4.30. The van der Waals surface area contributed by atoms with Gasteiger partial charge in [0.2, 0.25) is 0 Å². The molecule has 3 heteroatoms. The third kappa shape index (κ3) is 0.518. The summed E-state index contributed by atoms with van der Waals surface area (Å²) in [4.78, 5) is 7.41. The van der Waals surface area contributed by atoms with Crippen molar-refractivity contribution >= 4 is 11.2 Å². The Morgan fingerprint density at radius 1 is 1.60 bits per heavy atom. The van der Waals surface area contributed by atoms with Crippen molar-refractivity contribution in [3.8, 4) is 0 Å². The van der Waals surface area contributed by atoms with Crippen molar-refractivity contribution < 1.29 is 0 Å². The minimum Gasteiger partial charge on any atom is -0.346 e. The molecule has 0 aromatic carbocycles. The standard InChI is InChI=1S/C7H9N3/c1-5-9-6-3-4-8-7(6)10(5)2/h3-4,8H,1-2H3. The van der Waals surface area contributed by atoms with Gasteiger partial charge in [-0.2, -0.15) is 0 Å². The largest absolute Gasteiger partial charge is 0.346 e. The molecule has 0 aliphatic heterocycles. The van der Waals surface area contributed by atoms with Gasteiger partial charge < -0.3 is 9.55 Å². The summed E-state index contributed by atoms with van der Waals surface area (Å²) in [5.74, 6) is 1.04. The number of imidazole rings is 1. The third-order valence-electron chi connectivity index (χ3n) is 1.81. The summed E-state index contributed by atoms with van der Waals surface area (Å²) in [6.45, 7) is 1.99. The zero-order valence-electron chi connectivity index (χ0n) is 6.05. The Balaban J connectivity index is 2.95. The number of aryl methyl sites for hydroxylation is 2. The van der Waals surface area contributed by atoms with Crippen LogP contribution in [0.5, 0.6) is 0 Å². The zero-order chi connectivity index (χ0) is 7.14. The van der Waals surface area contributed by atoms with Crippen LogP contribution >= 0.6 is 0 Å². The first-order valence-electron chi connectivity index (χ1n) is 3.25. The fourth-order valence-corrected chi connectivity index (χ4v) is 1.12. The lowest BCUT2D eigenvalue weighted by Gasteiger charge is -1.91. The molecule has 2 aromatic rings. The van der Waals surface area contributed by atoms with E-state index >= 15 is 0 Å². The van der Waals surface area contributed by atoms with E-state index in [1.54, 1.807) is 0 Å². The second-order valence-corrected chi connectivity index (χ2v) is 2.43. The molecule has 52 valence electrons. The van der Waals surface area contributed by atoms with Crippen LogP contribution in [0.2, 0.25) is 0 Å². The van der Waals surface area contributed by atoms with Gasteiger partial charge in [-0.1, -0.05) is 0 Å². The van der Waals surface area contributed by atoms with Gasteiger partial charge in [0, 0.05) is 13.2 Å². The van der Waals surface area contributed by atoms with Crippen LogP contribution < -0.4 is 0 Å². The molecule has 0 bridgehead atoms. The van der Waals surface area contributed by atoms with Crippen LogP contribution in [0.25, 0.3) is 11.2 Å². The molecular weight excluding hydrogens is 126 g/mol. The van der Waals surface area contributed by atoms with Crippen LogP contribution in [0.3, 0.4) is 0 Å². The van der Waals surface area contributed by atoms with E-state index in [0.29, 0.717) is 0 Å². The Kier molecular flexibility index (Phi) is 0.897. The molecule has 0 radical (unpaired) electrons. The number of hydrogen-bond acceptors (Lipinski definition) is 1. The average Bonchev–Trinajstić information content (AvgIpc) is 2.41. The van der Waals surface area contributed by atoms with Crippen LogP contribution in [0, 0.1) is 6.92 Å². The van der Waals surface area contributed by atoms with Gasteiger partial charge in [0.25, 0.3) is 0 Å². The van der Waals surface area contributed by atoms with E-state index in [2.05, 4.69) is 9.97 Å². The second-order valence-electron chi connectivity index (χ2n) is 2.43. The summed E-state index contributed by atoms with van der Waals surface area (Å²) >= 11 is 0. The van der Waals surface area contributed by atoms with Gasteiger partial charge in [0.15, 0.2) is 0 Å². The summed E-state index contributed by atoms with van der Waals surface area (Å²) in [6, 6.07) is 1.97. The SMILES string of the molecule is Cc1nc2cc[nH]c2n1C. The number of hydrogen-bond donors (Lipinski definition) is 1. The monoisotopic (exact) mass is 135 g/mol. The van der Waals surface area contributed by atoms with Crippen molar-refractivity contribution in [3.63, 3.8) is 0 Å². The third-order valence-corrected chi connectivity index (χ3v) is 1.81. The van der Waals surface area contributed by atoms with Gasteiger partial charge in [0.1, 0.15) is 17.0 Å². The van der Waals surface area contributed by atoms with Crippen LogP contribution in [-0.2, 0) is 7.05 Å². The Labute approximate surface area is 58.7 Å². The quantitative estimate of drug-likeness (QED) is 0.578. The molecule has 0 saturated carbocycles. The lowest BCUT2D eigenvalue weighted by atomic mass is 10.6. The van der Waals surface area contributed by atoms with Gasteiger partial charge in [0.05, 0.1) is 0 Å². The van der Waals surface area contributed by atoms with Crippen molar-refractivity contribution in [3.05, 3.63) is 18.1 Å². The first-order valence-corrected chi connectivity index (χ1v) is 3.25. The molecule has 3 nitrogen and oxygen atoms in total. The molecule has 2 heterocycles. The summed E-state index contributed by atoms with van der Waals surface area (Å²) < 4.78 is 2.04. The normalized spacial score (nSPS) is 11.0. The molecule has 0 aliphatic rings. The number of H-pyrrole nitrogens is 1. The number of aromatic nitrogens is 3. The maximum Gasteiger partial charge on any atom is 0.137 e. The first-order chi connectivity index (χ1) is 4.79. The van der Waals surface area contributed by atoms with Gasteiger partial charge in [-0.05, 0) is 13.0 Å². The van der Waals surface area contributed by atoms with Crippen molar-refractivity contribution in [1.82, 2.24) is 14.5 Å². The fourth-order valence-electron chi connectivity index (χ4n) is 1.12. The lowest BCUT2D eigenvalue weighted by Crippen LogP contribution is -1.90. The Morgan fingerprint density at radius 2 is 2.40 bits per heavy atom. The number of nitrogens with zero attached hydrogens (tertiary/aromatic N) is 2. The average molecular weight is 135 g/mol. The molecule has 0 fully saturated rings. The van der Waals surface area contributed by atoms with Crippen molar-refractivity contribution in [2.24, 2.45) is 7.05 Å². The molecule has 1 N–H and O–H groups in total. The molecular formula is C7H9N3. The van der Waals surface area contributed by atoms with Crippen molar-refractivity contribution in [2.45, 2.75) is 6.92 Å². The van der Waals surface area contributed by atoms with E-state index in [9.17, 15) is 0 Å². The summed E-state index contributed by atoms with van der Waals surface area (Å²) in [7, 11) is 2.00. The van der Waals surface area contributed by atoms with E-state index < -0.39 is 0 Å². The Hall–Kier alpha value is -1.25. The number of fused-ring (bicyclic) bond motifs is 1. The van der Waals surface area contributed by atoms with E-state index in [0.717, 1.165) is 17.0 Å². The highest BCUT2D eigenvalue weighted by Crippen LogP contribution is 2.10. The summed E-state index contributed by atoms with van der Waals surface area (Å²) in [6.07, 6.45) is 1.90. The highest BCUT2D eigenvalue weighted by molar-refractivity contribution is 5.71. The minimum absolute atomic E-state index is 1.04. The highest BCUT2D eigenvalue weighted by atomic mass is 15.1. The fraction of sp³-hybridized carbons (Fsp3) is 0.286. The van der Waals surface area contributed by atoms with Crippen molar-refractivity contribution in [1.29, 1.82) is 0 Å². The number of aromatic amines is 1. The van der Waals surface area contributed by atoms with Crippen LogP contribution in [0.1, 0.15) is 5.82 Å². The molecule has 0 spiro atoms. The van der Waals surface area contributed by atoms with Crippen LogP contribution in [-0.4, -0.2) is 14.5 Å². The molecule has 2 rings (SSSR count). The van der Waals surface area contributed by atoms with Gasteiger partial charge in [-0.3, -0.25) is 0 Å². The lowest BCUT2D eigenvalue weighted by molar-refractivity contribution is 0.873. The molecule has 0 amide bonds. The van der Waals surface area contributed by atoms with Crippen LogP contribution in [0.15, 0.2) is 12.3 Å². The topological polar surface area (TPSA) is 33.6 Å². The highest BCUT2D eigenvalue weighted by Gasteiger charge is 2.01. The second kappa shape index (κ2) is 1.62. The van der Waals surface area contributed by atoms with Crippen LogP contribution in [0.4, 0.5) is 0 Å². The Bertz CT molecular complexity index is 356. The molecule has 0 unspecified atom stereocenters. The molecule has 2 aromatic heterocycles.